The number of aromatic nitrogens is 3. The van der Waals surface area contributed by atoms with Crippen LogP contribution in [0.15, 0.2) is 47.0 Å². The monoisotopic (exact) mass is 807 g/mol. The molecule has 16 nitrogen and oxygen atoms in total. The number of aliphatic hydroxyl groups is 1. The third-order valence-electron chi connectivity index (χ3n) is 8.83. The van der Waals surface area contributed by atoms with Crippen LogP contribution in [-0.4, -0.2) is 109 Å². The molecular formula is C42H57N5O11. The second kappa shape index (κ2) is 20.7. The fraction of sp³-hybridized carbons (Fsp3) is 0.571. The second-order valence-electron chi connectivity index (χ2n) is 16.3. The Labute approximate surface area is 338 Å². The summed E-state index contributed by atoms with van der Waals surface area (Å²) < 4.78 is 39.6. The number of morpholine rings is 1. The molecule has 1 fully saturated rings. The first kappa shape index (κ1) is 44.2. The van der Waals surface area contributed by atoms with Crippen molar-refractivity contribution in [3.05, 3.63) is 42.6 Å². The summed E-state index contributed by atoms with van der Waals surface area (Å²) in [6.45, 7) is 14.3. The number of furan rings is 1. The van der Waals surface area contributed by atoms with E-state index in [0.717, 1.165) is 5.39 Å². The number of anilines is 1. The summed E-state index contributed by atoms with van der Waals surface area (Å²) >= 11 is 0. The van der Waals surface area contributed by atoms with E-state index in [1.165, 1.54) is 0 Å². The largest absolute Gasteiger partial charge is 0.513 e. The van der Waals surface area contributed by atoms with Crippen LogP contribution in [0, 0.1) is 5.41 Å². The number of esters is 1. The van der Waals surface area contributed by atoms with Gasteiger partial charge in [-0.2, -0.15) is 0 Å². The van der Waals surface area contributed by atoms with E-state index in [1.807, 2.05) is 59.7 Å². The van der Waals surface area contributed by atoms with Crippen molar-refractivity contribution in [3.63, 3.8) is 0 Å². The van der Waals surface area contributed by atoms with Crippen LogP contribution in [-0.2, 0) is 33.3 Å². The molecule has 1 aliphatic heterocycles. The van der Waals surface area contributed by atoms with E-state index in [9.17, 15) is 19.5 Å². The lowest BCUT2D eigenvalue weighted by Crippen LogP contribution is -2.38. The molecule has 3 aromatic heterocycles. The summed E-state index contributed by atoms with van der Waals surface area (Å²) in [6, 6.07) is 10.6. The van der Waals surface area contributed by atoms with Gasteiger partial charge in [-0.3, -0.25) is 9.59 Å². The van der Waals surface area contributed by atoms with E-state index < -0.39 is 30.1 Å². The smallest absolute Gasteiger partial charge is 0.460 e. The highest BCUT2D eigenvalue weighted by molar-refractivity contribution is 6.05. The van der Waals surface area contributed by atoms with Crippen LogP contribution >= 0.6 is 0 Å². The zero-order chi connectivity index (χ0) is 41.7. The van der Waals surface area contributed by atoms with Gasteiger partial charge in [-0.1, -0.05) is 32.9 Å². The summed E-state index contributed by atoms with van der Waals surface area (Å²) in [6.07, 6.45) is 1.68. The average molecular weight is 808 g/mol. The molecule has 2 atom stereocenters. The number of ether oxygens (including phenoxy) is 6. The Morgan fingerprint density at radius 2 is 1.76 bits per heavy atom. The van der Waals surface area contributed by atoms with E-state index in [0.29, 0.717) is 92.6 Å². The number of carbonyl (C=O) groups excluding carboxylic acids is 3. The number of fused-ring (bicyclic) bond motifs is 3. The van der Waals surface area contributed by atoms with Gasteiger partial charge in [-0.05, 0) is 76.1 Å². The molecule has 1 amide bonds. The number of pyridine rings is 1. The van der Waals surface area contributed by atoms with Crippen molar-refractivity contribution in [3.8, 4) is 17.1 Å². The Morgan fingerprint density at radius 3 is 2.50 bits per heavy atom. The maximum absolute atomic E-state index is 12.5. The number of nitrogens with zero attached hydrogens (tertiary/aromatic N) is 4. The molecule has 0 spiro atoms. The van der Waals surface area contributed by atoms with Gasteiger partial charge in [0.25, 0.3) is 0 Å². The molecule has 0 saturated carbocycles. The SMILES string of the molecule is CC(C)(C)CC(CO)OC(COC(=O)CCCC(=O)NCCCCOC(=O)Oc1cccc(-c2nc(N3CCOCC3)c3oc4ncccc4c3n2)c1)OC(C)(C)C. The summed E-state index contributed by atoms with van der Waals surface area (Å²) in [4.78, 5) is 53.4. The topological polar surface area (TPSA) is 194 Å². The summed E-state index contributed by atoms with van der Waals surface area (Å²) in [7, 11) is 0. The van der Waals surface area contributed by atoms with Crippen molar-refractivity contribution in [2.75, 3.05) is 57.6 Å². The highest BCUT2D eigenvalue weighted by Gasteiger charge is 2.27. The molecule has 0 bridgehead atoms. The summed E-state index contributed by atoms with van der Waals surface area (Å²) in [5, 5.41) is 13.4. The van der Waals surface area contributed by atoms with E-state index in [1.54, 1.807) is 24.4 Å². The Bertz CT molecular complexity index is 1970. The van der Waals surface area contributed by atoms with Gasteiger partial charge in [-0.25, -0.2) is 19.7 Å². The van der Waals surface area contributed by atoms with Gasteiger partial charge in [0.1, 0.15) is 17.9 Å². The number of nitrogens with one attached hydrogen (secondary N) is 1. The predicted octanol–water partition coefficient (Wildman–Crippen LogP) is 6.35. The molecule has 58 heavy (non-hydrogen) atoms. The zero-order valence-corrected chi connectivity index (χ0v) is 34.4. The molecule has 4 aromatic rings. The van der Waals surface area contributed by atoms with Gasteiger partial charge in [0.2, 0.25) is 11.6 Å². The van der Waals surface area contributed by atoms with Crippen LogP contribution in [0.25, 0.3) is 33.6 Å². The van der Waals surface area contributed by atoms with Gasteiger partial charge in [-0.15, -0.1) is 0 Å². The van der Waals surface area contributed by atoms with E-state index in [4.69, 9.17) is 42.8 Å². The van der Waals surface area contributed by atoms with Crippen molar-refractivity contribution in [2.45, 2.75) is 98.1 Å². The third kappa shape index (κ3) is 13.9. The Hall–Kier alpha value is -4.90. The van der Waals surface area contributed by atoms with Crippen LogP contribution in [0.2, 0.25) is 0 Å². The molecule has 0 aliphatic carbocycles. The zero-order valence-electron chi connectivity index (χ0n) is 34.4. The number of amides is 1. The lowest BCUT2D eigenvalue weighted by atomic mass is 9.89. The van der Waals surface area contributed by atoms with Crippen LogP contribution in [0.4, 0.5) is 10.6 Å². The third-order valence-corrected chi connectivity index (χ3v) is 8.83. The molecule has 2 unspecified atom stereocenters. The van der Waals surface area contributed by atoms with Crippen molar-refractivity contribution in [1.82, 2.24) is 20.3 Å². The summed E-state index contributed by atoms with van der Waals surface area (Å²) in [5.41, 5.74) is 1.67. The molecule has 1 aromatic carbocycles. The van der Waals surface area contributed by atoms with Gasteiger partial charge >= 0.3 is 12.1 Å². The molecule has 0 radical (unpaired) electrons. The second-order valence-corrected chi connectivity index (χ2v) is 16.3. The first-order valence-corrected chi connectivity index (χ1v) is 19.9. The fourth-order valence-electron chi connectivity index (χ4n) is 6.28. The van der Waals surface area contributed by atoms with Gasteiger partial charge in [0.05, 0.1) is 43.5 Å². The van der Waals surface area contributed by atoms with E-state index in [-0.39, 0.29) is 49.7 Å². The Morgan fingerprint density at radius 1 is 0.966 bits per heavy atom. The first-order valence-electron chi connectivity index (χ1n) is 19.9. The molecular weight excluding hydrogens is 750 g/mol. The molecule has 2 N–H and O–H groups in total. The van der Waals surface area contributed by atoms with E-state index >= 15 is 0 Å². The number of benzene rings is 1. The standard InChI is InChI=1S/C42H57N5O11/c1-41(2,3)25-30(26-48)55-34(58-42(4,5)6)27-54-33(50)16-10-15-32(49)43-17-7-8-21-53-40(51)56-29-13-9-12-28(24-29)37-45-35-31-14-11-18-44-39(31)57-36(35)38(46-37)47-19-22-52-23-20-47/h9,11-14,18,24,30,34,48H,7-8,10,15-17,19-23,25-27H2,1-6H3,(H,43,49). The highest BCUT2D eigenvalue weighted by atomic mass is 16.7. The average Bonchev–Trinajstić information content (AvgIpc) is 3.55. The molecule has 16 heteroatoms. The van der Waals surface area contributed by atoms with Crippen molar-refractivity contribution in [2.24, 2.45) is 5.41 Å². The minimum atomic E-state index is -0.855. The number of hydrogen-bond acceptors (Lipinski definition) is 15. The fourth-order valence-corrected chi connectivity index (χ4v) is 6.28. The van der Waals surface area contributed by atoms with Gasteiger partial charge in [0.15, 0.2) is 23.5 Å². The Balaban J connectivity index is 1.00. The molecule has 316 valence electrons. The normalized spacial score (nSPS) is 14.6. The number of rotatable bonds is 19. The lowest BCUT2D eigenvalue weighted by Gasteiger charge is -2.32. The van der Waals surface area contributed by atoms with Gasteiger partial charge < -0.3 is 48.2 Å². The quantitative estimate of drug-likeness (QED) is 0.0460. The number of aliphatic hydroxyl groups excluding tert-OH is 1. The predicted molar refractivity (Wildman–Crippen MR) is 215 cm³/mol. The summed E-state index contributed by atoms with van der Waals surface area (Å²) in [5.74, 6) is 0.681. The maximum atomic E-state index is 12.5. The van der Waals surface area contributed by atoms with Crippen molar-refractivity contribution < 1.29 is 52.3 Å². The minimum Gasteiger partial charge on any atom is -0.460 e. The minimum absolute atomic E-state index is 0.0525. The lowest BCUT2D eigenvalue weighted by molar-refractivity contribution is -0.241. The van der Waals surface area contributed by atoms with Crippen LogP contribution in [0.1, 0.15) is 80.1 Å². The van der Waals surface area contributed by atoms with Crippen molar-refractivity contribution in [1.29, 1.82) is 0 Å². The maximum Gasteiger partial charge on any atom is 0.513 e. The number of carbonyl (C=O) groups is 3. The van der Waals surface area contributed by atoms with Crippen LogP contribution in [0.5, 0.6) is 5.75 Å². The molecule has 4 heterocycles. The number of unbranched alkanes of at least 4 members (excludes halogenated alkanes) is 1. The number of hydrogen-bond donors (Lipinski definition) is 2. The molecule has 1 aliphatic rings. The van der Waals surface area contributed by atoms with Crippen LogP contribution in [0.3, 0.4) is 0 Å². The Kier molecular flexibility index (Phi) is 15.8. The molecule has 5 rings (SSSR count). The molecule has 1 saturated heterocycles. The highest BCUT2D eigenvalue weighted by Crippen LogP contribution is 2.35. The van der Waals surface area contributed by atoms with Crippen LogP contribution < -0.4 is 15.0 Å². The first-order chi connectivity index (χ1) is 27.7. The van der Waals surface area contributed by atoms with Crippen molar-refractivity contribution >= 4 is 46.0 Å². The van der Waals surface area contributed by atoms with E-state index in [2.05, 4.69) is 15.2 Å². The van der Waals surface area contributed by atoms with Gasteiger partial charge in [0, 0.05) is 44.2 Å².